The summed E-state index contributed by atoms with van der Waals surface area (Å²) in [5.41, 5.74) is 0.875. The summed E-state index contributed by atoms with van der Waals surface area (Å²) in [6.45, 7) is 13.9. The Morgan fingerprint density at radius 1 is 0.404 bits per heavy atom. The minimum Gasteiger partial charge on any atom is -0.466 e. The molecule has 2 amide bonds. The molecule has 18 heteroatoms. The van der Waals surface area contributed by atoms with Crippen molar-refractivity contribution in [2.24, 2.45) is 0 Å². The van der Waals surface area contributed by atoms with Crippen molar-refractivity contribution in [1.82, 2.24) is 4.90 Å². The number of benzene rings is 1. The molecule has 0 N–H and O–H groups in total. The number of hydrogen-bond acceptors (Lipinski definition) is 17. The topological polar surface area (TPSA) is 184 Å². The quantitative estimate of drug-likeness (QED) is 0.0524. The van der Waals surface area contributed by atoms with Crippen molar-refractivity contribution in [1.29, 1.82) is 0 Å². The van der Waals surface area contributed by atoms with Crippen molar-refractivity contribution < 1.29 is 80.7 Å². The van der Waals surface area contributed by atoms with E-state index in [9.17, 15) is 14.4 Å². The summed E-state index contributed by atoms with van der Waals surface area (Å²) in [6.07, 6.45) is 0.249. The molecule has 0 spiro atoms. The highest BCUT2D eigenvalue weighted by Crippen LogP contribution is 2.21. The van der Waals surface area contributed by atoms with E-state index in [4.69, 9.17) is 66.3 Å². The average Bonchev–Trinajstić information content (AvgIpc) is 3.46. The molecule has 328 valence electrons. The Morgan fingerprint density at radius 2 is 0.649 bits per heavy atom. The molecule has 2 rings (SSSR count). The summed E-state index contributed by atoms with van der Waals surface area (Å²) in [5.74, 6) is -0.822. The van der Waals surface area contributed by atoms with E-state index in [1.165, 1.54) is 4.90 Å². The highest BCUT2D eigenvalue weighted by atomic mass is 16.6. The predicted octanol–water partition coefficient (Wildman–Crippen LogP) is 1.45. The number of rotatable bonds is 43. The van der Waals surface area contributed by atoms with Crippen LogP contribution in [0, 0.1) is 0 Å². The van der Waals surface area contributed by atoms with E-state index >= 15 is 0 Å². The van der Waals surface area contributed by atoms with Gasteiger partial charge >= 0.3 is 5.97 Å². The molecule has 0 aromatic heterocycles. The van der Waals surface area contributed by atoms with Crippen LogP contribution in [0.4, 0.5) is 0 Å². The Labute approximate surface area is 336 Å². The van der Waals surface area contributed by atoms with Crippen LogP contribution in [0.3, 0.4) is 0 Å². The van der Waals surface area contributed by atoms with Crippen molar-refractivity contribution in [3.8, 4) is 0 Å². The molecule has 0 unspecified atom stereocenters. The van der Waals surface area contributed by atoms with Crippen LogP contribution in [0.5, 0.6) is 0 Å². The van der Waals surface area contributed by atoms with E-state index in [-0.39, 0.29) is 37.4 Å². The second-order valence-corrected chi connectivity index (χ2v) is 11.8. The van der Waals surface area contributed by atoms with E-state index in [0.717, 1.165) is 0 Å². The molecule has 1 aliphatic heterocycles. The molecule has 0 aliphatic carbocycles. The van der Waals surface area contributed by atoms with Gasteiger partial charge in [-0.15, -0.1) is 0 Å². The maximum absolute atomic E-state index is 12.3. The van der Waals surface area contributed by atoms with Gasteiger partial charge in [0.2, 0.25) is 0 Å². The van der Waals surface area contributed by atoms with Gasteiger partial charge in [-0.25, -0.2) is 0 Å². The molecule has 0 bridgehead atoms. The van der Waals surface area contributed by atoms with Gasteiger partial charge in [0.1, 0.15) is 0 Å². The molecule has 1 aliphatic rings. The number of imide groups is 1. The van der Waals surface area contributed by atoms with Crippen LogP contribution in [0.1, 0.15) is 34.1 Å². The fraction of sp³-hybridized carbons (Fsp3) is 0.769. The minimum atomic E-state index is -0.282. The minimum absolute atomic E-state index is 0.208. The molecule has 0 saturated carbocycles. The van der Waals surface area contributed by atoms with Gasteiger partial charge in [0, 0.05) is 0 Å². The molecule has 18 nitrogen and oxygen atoms in total. The lowest BCUT2D eigenvalue weighted by Gasteiger charge is -2.13. The lowest BCUT2D eigenvalue weighted by atomic mass is 10.1. The number of carbonyl (C=O) groups excluding carboxylic acids is 3. The maximum atomic E-state index is 12.3. The molecule has 57 heavy (non-hydrogen) atoms. The molecule has 1 aromatic rings. The first kappa shape index (κ1) is 50.5. The fourth-order valence-corrected chi connectivity index (χ4v) is 4.73. The summed E-state index contributed by atoms with van der Waals surface area (Å²) in [5, 5.41) is 0. The van der Waals surface area contributed by atoms with Crippen LogP contribution in [0.25, 0.3) is 0 Å². The molecule has 0 fully saturated rings. The van der Waals surface area contributed by atoms with Gasteiger partial charge in [0.05, 0.1) is 202 Å². The van der Waals surface area contributed by atoms with Gasteiger partial charge in [-0.3, -0.25) is 19.3 Å². The fourth-order valence-electron chi connectivity index (χ4n) is 4.73. The third-order valence-corrected chi connectivity index (χ3v) is 7.56. The number of nitrogens with zero attached hydrogens (tertiary/aromatic N) is 1. The number of esters is 1. The second kappa shape index (κ2) is 37.6. The monoisotopic (exact) mass is 819 g/mol. The first-order valence-electron chi connectivity index (χ1n) is 19.8. The van der Waals surface area contributed by atoms with E-state index in [0.29, 0.717) is 183 Å². The second-order valence-electron chi connectivity index (χ2n) is 11.8. The molecule has 0 radical (unpaired) electrons. The Kier molecular flexibility index (Phi) is 33.3. The molecule has 1 aromatic carbocycles. The zero-order chi connectivity index (χ0) is 40.7. The molecule has 1 heterocycles. The van der Waals surface area contributed by atoms with Gasteiger partial charge in [0.25, 0.3) is 11.8 Å². The zero-order valence-electron chi connectivity index (χ0n) is 33.7. The number of hydrogen-bond donors (Lipinski definition) is 0. The lowest BCUT2D eigenvalue weighted by molar-refractivity contribution is -0.144. The molecule has 0 atom stereocenters. The Morgan fingerprint density at radius 3 is 0.912 bits per heavy atom. The number of fused-ring (bicyclic) bond motifs is 1. The van der Waals surface area contributed by atoms with Crippen LogP contribution in [-0.2, 0) is 71.1 Å². The van der Waals surface area contributed by atoms with E-state index in [1.54, 1.807) is 31.2 Å². The van der Waals surface area contributed by atoms with Crippen LogP contribution >= 0.6 is 0 Å². The van der Waals surface area contributed by atoms with Crippen LogP contribution in [0.15, 0.2) is 24.3 Å². The smallest absolute Gasteiger partial charge is 0.308 e. The SMILES string of the molecule is CCOC(=O)CCOCCOCCOCCOCCOCCOCCOCCOCCOCCOCCOCCOCCOCCN1C(=O)c2ccccc2C1=O. The molecular weight excluding hydrogens is 754 g/mol. The van der Waals surface area contributed by atoms with Crippen molar-refractivity contribution in [2.75, 3.05) is 185 Å². The van der Waals surface area contributed by atoms with Crippen LogP contribution < -0.4 is 0 Å². The van der Waals surface area contributed by atoms with Gasteiger partial charge in [-0.1, -0.05) is 12.1 Å². The van der Waals surface area contributed by atoms with Gasteiger partial charge in [-0.05, 0) is 19.1 Å². The number of amides is 2. The number of carbonyl (C=O) groups is 3. The number of ether oxygens (including phenoxy) is 14. The van der Waals surface area contributed by atoms with Crippen molar-refractivity contribution in [3.05, 3.63) is 35.4 Å². The molecular formula is C39H65NO17. The van der Waals surface area contributed by atoms with E-state index < -0.39 is 0 Å². The lowest BCUT2D eigenvalue weighted by Crippen LogP contribution is -2.33. The largest absolute Gasteiger partial charge is 0.466 e. The standard InChI is InChI=1S/C39H65NO17/c1-2-57-37(41)7-9-44-11-13-46-15-17-48-19-21-50-23-25-52-27-29-54-31-33-56-34-32-55-30-28-53-26-24-51-22-20-49-18-16-47-14-12-45-10-8-40-38(42)35-5-3-4-6-36(35)39(40)43/h3-6H,2,7-34H2,1H3. The summed E-state index contributed by atoms with van der Waals surface area (Å²) in [6, 6.07) is 6.81. The van der Waals surface area contributed by atoms with Gasteiger partial charge in [-0.2, -0.15) is 0 Å². The van der Waals surface area contributed by atoms with Gasteiger partial charge in [0.15, 0.2) is 0 Å². The highest BCUT2D eigenvalue weighted by molar-refractivity contribution is 6.21. The third-order valence-electron chi connectivity index (χ3n) is 7.56. The third kappa shape index (κ3) is 27.6. The Hall–Kier alpha value is -2.69. The summed E-state index contributed by atoms with van der Waals surface area (Å²) in [7, 11) is 0. The van der Waals surface area contributed by atoms with Crippen LogP contribution in [0.2, 0.25) is 0 Å². The summed E-state index contributed by atoms with van der Waals surface area (Å²) < 4.78 is 75.8. The summed E-state index contributed by atoms with van der Waals surface area (Å²) >= 11 is 0. The Balaban J connectivity index is 1.14. The van der Waals surface area contributed by atoms with Crippen molar-refractivity contribution in [2.45, 2.75) is 13.3 Å². The summed E-state index contributed by atoms with van der Waals surface area (Å²) in [4.78, 5) is 37.0. The molecule has 0 saturated heterocycles. The average molecular weight is 820 g/mol. The van der Waals surface area contributed by atoms with Gasteiger partial charge < -0.3 is 66.3 Å². The van der Waals surface area contributed by atoms with E-state index in [1.807, 2.05) is 0 Å². The Bertz CT molecular complexity index is 1100. The first-order chi connectivity index (χ1) is 28.1. The van der Waals surface area contributed by atoms with Crippen molar-refractivity contribution >= 4 is 17.8 Å². The zero-order valence-corrected chi connectivity index (χ0v) is 33.7. The van der Waals surface area contributed by atoms with Crippen LogP contribution in [-0.4, -0.2) is 208 Å². The predicted molar refractivity (Wildman–Crippen MR) is 204 cm³/mol. The normalized spacial score (nSPS) is 12.5. The highest BCUT2D eigenvalue weighted by Gasteiger charge is 2.34. The van der Waals surface area contributed by atoms with Crippen molar-refractivity contribution in [3.63, 3.8) is 0 Å². The first-order valence-corrected chi connectivity index (χ1v) is 19.8. The maximum Gasteiger partial charge on any atom is 0.308 e. The van der Waals surface area contributed by atoms with E-state index in [2.05, 4.69) is 0 Å².